The lowest BCUT2D eigenvalue weighted by Crippen LogP contribution is -2.33. The zero-order valence-corrected chi connectivity index (χ0v) is 12.6. The van der Waals surface area contributed by atoms with Crippen LogP contribution in [0.2, 0.25) is 5.02 Å². The molecule has 0 aliphatic carbocycles. The highest BCUT2D eigenvalue weighted by Gasteiger charge is 2.31. The monoisotopic (exact) mass is 303 g/mol. The largest absolute Gasteiger partial charge is 0.356 e. The minimum Gasteiger partial charge on any atom is -0.356 e. The van der Waals surface area contributed by atoms with Gasteiger partial charge in [-0.1, -0.05) is 11.6 Å². The summed E-state index contributed by atoms with van der Waals surface area (Å²) in [6.07, 6.45) is 2.27. The number of pyridine rings is 1. The molecular formula is C12H18ClN3O2S. The third kappa shape index (κ3) is 3.38. The fourth-order valence-electron chi connectivity index (χ4n) is 2.25. The molecule has 5 nitrogen and oxygen atoms in total. The van der Waals surface area contributed by atoms with Crippen molar-refractivity contribution in [3.63, 3.8) is 0 Å². The highest BCUT2D eigenvalue weighted by molar-refractivity contribution is 7.91. The van der Waals surface area contributed by atoms with Crippen molar-refractivity contribution >= 4 is 27.3 Å². The molecule has 0 saturated carbocycles. The molecule has 2 heterocycles. The van der Waals surface area contributed by atoms with E-state index in [9.17, 15) is 8.42 Å². The van der Waals surface area contributed by atoms with Crippen LogP contribution in [0.5, 0.6) is 0 Å². The summed E-state index contributed by atoms with van der Waals surface area (Å²) in [5.41, 5.74) is 0.960. The van der Waals surface area contributed by atoms with E-state index in [2.05, 4.69) is 10.3 Å². The Hall–Kier alpha value is -0.850. The van der Waals surface area contributed by atoms with Gasteiger partial charge in [-0.3, -0.25) is 0 Å². The lowest BCUT2D eigenvalue weighted by atomic mass is 10.2. The van der Waals surface area contributed by atoms with Crippen LogP contribution in [0.15, 0.2) is 12.3 Å². The third-order valence-corrected chi connectivity index (χ3v) is 5.50. The van der Waals surface area contributed by atoms with Gasteiger partial charge in [-0.15, -0.1) is 0 Å². The topological polar surface area (TPSA) is 62.3 Å². The number of hydrogen-bond donors (Lipinski definition) is 1. The van der Waals surface area contributed by atoms with Crippen LogP contribution in [-0.4, -0.2) is 45.0 Å². The highest BCUT2D eigenvalue weighted by Crippen LogP contribution is 2.24. The predicted octanol–water partition coefficient (Wildman–Crippen LogP) is 1.08. The normalized spacial score (nSPS) is 21.5. The lowest BCUT2D eigenvalue weighted by molar-refractivity contribution is 0.600. The van der Waals surface area contributed by atoms with Crippen LogP contribution in [0.25, 0.3) is 0 Å². The van der Waals surface area contributed by atoms with Crippen molar-refractivity contribution in [2.24, 2.45) is 0 Å². The molecule has 1 aromatic heterocycles. The van der Waals surface area contributed by atoms with Crippen molar-refractivity contribution in [3.05, 3.63) is 22.8 Å². The highest BCUT2D eigenvalue weighted by atomic mass is 35.5. The molecule has 0 radical (unpaired) electrons. The van der Waals surface area contributed by atoms with E-state index in [4.69, 9.17) is 11.6 Å². The van der Waals surface area contributed by atoms with E-state index in [1.54, 1.807) is 6.20 Å². The summed E-state index contributed by atoms with van der Waals surface area (Å²) >= 11 is 6.07. The van der Waals surface area contributed by atoms with Crippen LogP contribution in [0, 0.1) is 0 Å². The molecule has 1 unspecified atom stereocenters. The molecule has 1 aromatic rings. The van der Waals surface area contributed by atoms with Gasteiger partial charge in [0.1, 0.15) is 5.82 Å². The average molecular weight is 304 g/mol. The first-order chi connectivity index (χ1) is 8.93. The van der Waals surface area contributed by atoms with Gasteiger partial charge in [-0.25, -0.2) is 13.4 Å². The van der Waals surface area contributed by atoms with Crippen LogP contribution in [0.3, 0.4) is 0 Å². The Morgan fingerprint density at radius 3 is 2.89 bits per heavy atom. The number of aromatic nitrogens is 1. The Balaban J connectivity index is 2.20. The molecule has 2 rings (SSSR count). The smallest absolute Gasteiger partial charge is 0.152 e. The van der Waals surface area contributed by atoms with Gasteiger partial charge >= 0.3 is 0 Å². The maximum atomic E-state index is 11.5. The van der Waals surface area contributed by atoms with Gasteiger partial charge in [0.05, 0.1) is 16.5 Å². The van der Waals surface area contributed by atoms with Gasteiger partial charge in [-0.05, 0) is 25.1 Å². The Morgan fingerprint density at radius 2 is 2.32 bits per heavy atom. The summed E-state index contributed by atoms with van der Waals surface area (Å²) in [5, 5.41) is 3.66. The molecule has 1 fully saturated rings. The second kappa shape index (κ2) is 5.64. The molecule has 1 atom stereocenters. The van der Waals surface area contributed by atoms with Crippen LogP contribution >= 0.6 is 11.6 Å². The van der Waals surface area contributed by atoms with Crippen molar-refractivity contribution < 1.29 is 8.42 Å². The molecule has 0 amide bonds. The zero-order chi connectivity index (χ0) is 14.0. The number of nitrogens with one attached hydrogen (secondary N) is 1. The van der Waals surface area contributed by atoms with E-state index in [1.165, 1.54) is 0 Å². The fraction of sp³-hybridized carbons (Fsp3) is 0.583. The molecule has 1 saturated heterocycles. The average Bonchev–Trinajstić information content (AvgIpc) is 2.72. The fourth-order valence-corrected chi connectivity index (χ4v) is 4.20. The lowest BCUT2D eigenvalue weighted by Gasteiger charge is -2.25. The van der Waals surface area contributed by atoms with Crippen molar-refractivity contribution in [2.45, 2.75) is 19.0 Å². The van der Waals surface area contributed by atoms with Crippen LogP contribution in [0.4, 0.5) is 5.82 Å². The molecule has 1 aliphatic heterocycles. The number of anilines is 1. The minimum atomic E-state index is -2.88. The van der Waals surface area contributed by atoms with Gasteiger partial charge in [-0.2, -0.15) is 0 Å². The molecule has 1 aliphatic rings. The summed E-state index contributed by atoms with van der Waals surface area (Å²) in [6.45, 7) is 0.658. The number of hydrogen-bond acceptors (Lipinski definition) is 5. The standard InChI is InChI=1S/C12H18ClN3O2S/c1-14-6-9-5-12(15-7-11(9)13)16(2)10-3-4-19(17,18)8-10/h5,7,10,14H,3-4,6,8H2,1-2H3. The number of rotatable bonds is 4. The van der Waals surface area contributed by atoms with Crippen molar-refractivity contribution in [1.29, 1.82) is 0 Å². The molecule has 7 heteroatoms. The first-order valence-corrected chi connectivity index (χ1v) is 8.35. The minimum absolute atomic E-state index is 0.00103. The van der Waals surface area contributed by atoms with Crippen molar-refractivity contribution in [3.8, 4) is 0 Å². The van der Waals surface area contributed by atoms with E-state index < -0.39 is 9.84 Å². The second-order valence-corrected chi connectivity index (χ2v) is 7.47. The summed E-state index contributed by atoms with van der Waals surface area (Å²) < 4.78 is 23.0. The Kier molecular flexibility index (Phi) is 4.32. The van der Waals surface area contributed by atoms with E-state index in [-0.39, 0.29) is 17.5 Å². The van der Waals surface area contributed by atoms with E-state index in [0.29, 0.717) is 18.0 Å². The zero-order valence-electron chi connectivity index (χ0n) is 11.1. The summed E-state index contributed by atoms with van der Waals surface area (Å²) in [7, 11) is 0.846. The molecule has 0 aromatic carbocycles. The summed E-state index contributed by atoms with van der Waals surface area (Å²) in [6, 6.07) is 1.91. The number of sulfone groups is 1. The van der Waals surface area contributed by atoms with Gasteiger partial charge < -0.3 is 10.2 Å². The number of halogens is 1. The molecule has 0 spiro atoms. The predicted molar refractivity (Wildman–Crippen MR) is 77.5 cm³/mol. The summed E-state index contributed by atoms with van der Waals surface area (Å²) in [4.78, 5) is 6.22. The number of nitrogens with zero attached hydrogens (tertiary/aromatic N) is 2. The third-order valence-electron chi connectivity index (χ3n) is 3.40. The van der Waals surface area contributed by atoms with Gasteiger partial charge in [0.2, 0.25) is 0 Å². The van der Waals surface area contributed by atoms with E-state index in [1.807, 2.05) is 25.1 Å². The quantitative estimate of drug-likeness (QED) is 0.902. The summed E-state index contributed by atoms with van der Waals surface area (Å²) in [5.74, 6) is 1.23. The maximum absolute atomic E-state index is 11.5. The molecule has 1 N–H and O–H groups in total. The molecular weight excluding hydrogens is 286 g/mol. The van der Waals surface area contributed by atoms with Crippen molar-refractivity contribution in [2.75, 3.05) is 30.5 Å². The van der Waals surface area contributed by atoms with Crippen molar-refractivity contribution in [1.82, 2.24) is 10.3 Å². The van der Waals surface area contributed by atoms with E-state index in [0.717, 1.165) is 11.4 Å². The molecule has 0 bridgehead atoms. The first-order valence-electron chi connectivity index (χ1n) is 6.15. The SMILES string of the molecule is CNCc1cc(N(C)C2CCS(=O)(=O)C2)ncc1Cl. The first kappa shape index (κ1) is 14.6. The van der Waals surface area contributed by atoms with E-state index >= 15 is 0 Å². The van der Waals surface area contributed by atoms with Crippen LogP contribution in [0.1, 0.15) is 12.0 Å². The van der Waals surface area contributed by atoms with Gasteiger partial charge in [0.25, 0.3) is 0 Å². The Bertz CT molecular complexity index is 562. The molecule has 106 valence electrons. The van der Waals surface area contributed by atoms with Gasteiger partial charge in [0.15, 0.2) is 9.84 Å². The Morgan fingerprint density at radius 1 is 1.58 bits per heavy atom. The van der Waals surface area contributed by atoms with Crippen LogP contribution in [-0.2, 0) is 16.4 Å². The molecule has 19 heavy (non-hydrogen) atoms. The Labute approximate surface area is 118 Å². The van der Waals surface area contributed by atoms with Gasteiger partial charge in [0, 0.05) is 25.8 Å². The second-order valence-electron chi connectivity index (χ2n) is 4.83. The maximum Gasteiger partial charge on any atom is 0.152 e. The van der Waals surface area contributed by atoms with Crippen LogP contribution < -0.4 is 10.2 Å².